The molecule has 20 heteroatoms. The summed E-state index contributed by atoms with van der Waals surface area (Å²) < 4.78 is 0. The van der Waals surface area contributed by atoms with Crippen molar-refractivity contribution in [2.24, 2.45) is 57.5 Å². The van der Waals surface area contributed by atoms with Gasteiger partial charge in [0.05, 0.1) is 36.1 Å². The van der Waals surface area contributed by atoms with Crippen LogP contribution in [0, 0.1) is 29.6 Å². The second kappa shape index (κ2) is 30.3. The molecule has 1 aliphatic carbocycles. The molecule has 71 heavy (non-hydrogen) atoms. The molecular weight excluding hydrogens is 913 g/mol. The lowest BCUT2D eigenvalue weighted by atomic mass is 9.79. The number of guanidine groups is 1. The van der Waals surface area contributed by atoms with Crippen LogP contribution in [-0.2, 0) is 49.6 Å². The Bertz CT molecular complexity index is 1990. The van der Waals surface area contributed by atoms with Crippen LogP contribution in [0.2, 0.25) is 0 Å². The quantitative estimate of drug-likeness (QED) is 0.0283. The van der Waals surface area contributed by atoms with Crippen molar-refractivity contribution in [1.29, 1.82) is 0 Å². The molecule has 1 saturated carbocycles. The Morgan fingerprint density at radius 1 is 0.789 bits per heavy atom. The number of primary amides is 1. The van der Waals surface area contributed by atoms with Crippen molar-refractivity contribution in [3.05, 3.63) is 30.1 Å². The minimum absolute atomic E-state index is 0.0298. The standard InChI is InChI=1S/C51H82N10O10/c1-32(12-8-9-19-52)58-47(69)38(30-45(53)67)29-44(66)51(3,4)60-48(70)37(25-34-13-6-5-7-14-34)28-42(64)40(26-35-17-21-56-22-18-35)59-46(68)36(15-10-20-57-50(54)55)27-43(65)41-16-11-23-61(41)49(71)39(31-62)24-33(2)63/h17-18,21-22,32,34,36-41,62H,5-16,19-20,23-31,52H2,1-4H3,(H2,53,67)(H,58,69)(H,59,68)(H,60,70)(H4,54,55,57)/t32-,36-,37-,38+,39+,40+,41-/m1/s1. The van der Waals surface area contributed by atoms with Crippen molar-refractivity contribution in [2.45, 2.75) is 173 Å². The van der Waals surface area contributed by atoms with E-state index in [9.17, 15) is 48.3 Å². The number of amides is 5. The van der Waals surface area contributed by atoms with Gasteiger partial charge in [0.2, 0.25) is 29.5 Å². The van der Waals surface area contributed by atoms with Crippen LogP contribution in [0.4, 0.5) is 0 Å². The van der Waals surface area contributed by atoms with Gasteiger partial charge in [-0.3, -0.25) is 48.3 Å². The van der Waals surface area contributed by atoms with Gasteiger partial charge in [0.15, 0.2) is 23.3 Å². The summed E-state index contributed by atoms with van der Waals surface area (Å²) in [5, 5.41) is 18.6. The van der Waals surface area contributed by atoms with Crippen molar-refractivity contribution in [3.63, 3.8) is 0 Å². The molecule has 0 bridgehead atoms. The van der Waals surface area contributed by atoms with Crippen molar-refractivity contribution in [1.82, 2.24) is 25.8 Å². The maximum atomic E-state index is 14.7. The largest absolute Gasteiger partial charge is 0.396 e. The van der Waals surface area contributed by atoms with Gasteiger partial charge in [-0.25, -0.2) is 0 Å². The van der Waals surface area contributed by atoms with Gasteiger partial charge in [0, 0.05) is 75.5 Å². The van der Waals surface area contributed by atoms with E-state index in [0.717, 1.165) is 44.9 Å². The monoisotopic (exact) mass is 995 g/mol. The highest BCUT2D eigenvalue weighted by Crippen LogP contribution is 2.32. The van der Waals surface area contributed by atoms with Gasteiger partial charge < -0.3 is 53.7 Å². The number of hydrogen-bond donors (Lipinski definition) is 8. The number of hydrogen-bond acceptors (Lipinski definition) is 13. The molecule has 0 spiro atoms. The fraction of sp³-hybridized carbons (Fsp3) is 0.706. The molecule has 2 aliphatic rings. The summed E-state index contributed by atoms with van der Waals surface area (Å²) >= 11 is 0. The number of nitrogens with zero attached hydrogens (tertiary/aromatic N) is 3. The summed E-state index contributed by atoms with van der Waals surface area (Å²) in [5.74, 6) is -8.56. The van der Waals surface area contributed by atoms with Crippen LogP contribution in [0.3, 0.4) is 0 Å². The maximum absolute atomic E-state index is 14.7. The van der Waals surface area contributed by atoms with Gasteiger partial charge in [-0.15, -0.1) is 0 Å². The van der Waals surface area contributed by atoms with Crippen LogP contribution in [-0.4, -0.2) is 124 Å². The molecule has 0 radical (unpaired) electrons. The third-order valence-electron chi connectivity index (χ3n) is 13.8. The van der Waals surface area contributed by atoms with E-state index in [0.29, 0.717) is 44.2 Å². The zero-order valence-corrected chi connectivity index (χ0v) is 42.5. The number of ketones is 4. The first-order chi connectivity index (χ1) is 33.6. The molecule has 12 N–H and O–H groups in total. The molecule has 2 heterocycles. The predicted molar refractivity (Wildman–Crippen MR) is 267 cm³/mol. The number of aliphatic imine (C=N–C) groups is 1. The van der Waals surface area contributed by atoms with Crippen LogP contribution in [0.15, 0.2) is 29.5 Å². The summed E-state index contributed by atoms with van der Waals surface area (Å²) in [7, 11) is 0. The first kappa shape index (κ1) is 59.7. The molecule has 3 rings (SSSR count). The molecule has 2 fully saturated rings. The molecule has 1 aromatic rings. The van der Waals surface area contributed by atoms with Gasteiger partial charge in [-0.2, -0.15) is 0 Å². The number of likely N-dealkylation sites (tertiary alicyclic amines) is 1. The number of aliphatic hydroxyl groups excluding tert-OH is 1. The Labute approximate surface area is 418 Å². The summed E-state index contributed by atoms with van der Waals surface area (Å²) in [6, 6.07) is 1.12. The summed E-state index contributed by atoms with van der Waals surface area (Å²) in [6.07, 6.45) is 10.1. The third kappa shape index (κ3) is 20.9. The molecule has 7 atom stereocenters. The van der Waals surface area contributed by atoms with Gasteiger partial charge in [0.25, 0.3) is 0 Å². The molecule has 0 unspecified atom stereocenters. The van der Waals surface area contributed by atoms with Crippen LogP contribution >= 0.6 is 0 Å². The van der Waals surface area contributed by atoms with E-state index in [1.807, 2.05) is 6.92 Å². The molecular formula is C51H82N10O10. The highest BCUT2D eigenvalue weighted by molar-refractivity contribution is 5.99. The average molecular weight is 995 g/mol. The first-order valence-corrected chi connectivity index (χ1v) is 25.5. The third-order valence-corrected chi connectivity index (χ3v) is 13.8. The van der Waals surface area contributed by atoms with Crippen LogP contribution < -0.4 is 38.9 Å². The normalized spacial score (nSPS) is 17.7. The number of nitrogens with two attached hydrogens (primary N) is 4. The zero-order valence-electron chi connectivity index (χ0n) is 42.5. The number of nitrogens with one attached hydrogen (secondary N) is 3. The highest BCUT2D eigenvalue weighted by Gasteiger charge is 2.40. The minimum Gasteiger partial charge on any atom is -0.396 e. The molecule has 20 nitrogen and oxygen atoms in total. The number of Topliss-reactive ketones (excluding diaryl/α,β-unsaturated/α-hetero) is 4. The van der Waals surface area contributed by atoms with E-state index in [4.69, 9.17) is 22.9 Å². The smallest absolute Gasteiger partial charge is 0.229 e. The van der Waals surface area contributed by atoms with Gasteiger partial charge in [0.1, 0.15) is 5.78 Å². The van der Waals surface area contributed by atoms with E-state index in [-0.39, 0.29) is 87.5 Å². The summed E-state index contributed by atoms with van der Waals surface area (Å²) in [4.78, 5) is 132. The fourth-order valence-electron chi connectivity index (χ4n) is 9.70. The lowest BCUT2D eigenvalue weighted by Crippen LogP contribution is -2.53. The summed E-state index contributed by atoms with van der Waals surface area (Å²) in [6.45, 7) is 6.52. The number of carbonyl (C=O) groups excluding carboxylic acids is 9. The Balaban J connectivity index is 1.91. The Morgan fingerprint density at radius 2 is 1.46 bits per heavy atom. The number of aliphatic hydroxyl groups is 1. The van der Waals surface area contributed by atoms with E-state index < -0.39 is 89.0 Å². The Kier molecular flexibility index (Phi) is 25.5. The topological polar surface area (TPSA) is 343 Å². The first-order valence-electron chi connectivity index (χ1n) is 25.5. The average Bonchev–Trinajstić information content (AvgIpc) is 3.81. The predicted octanol–water partition coefficient (Wildman–Crippen LogP) is 1.84. The van der Waals surface area contributed by atoms with E-state index in [2.05, 4.69) is 25.9 Å². The Morgan fingerprint density at radius 3 is 2.08 bits per heavy atom. The van der Waals surface area contributed by atoms with Crippen LogP contribution in [0.5, 0.6) is 0 Å². The van der Waals surface area contributed by atoms with E-state index in [1.54, 1.807) is 24.5 Å². The van der Waals surface area contributed by atoms with E-state index >= 15 is 0 Å². The SMILES string of the molecule is CC(=O)C[C@@H](CO)C(=O)N1CCC[C@@H]1C(=O)C[C@@H](CCCN=C(N)N)C(=O)N[C@@H](Cc1ccncc1)C(=O)C[C@@H](CC1CCCCC1)C(=O)NC(C)(C)C(=O)C[C@@H](CC(N)=O)C(=O)N[C@H](C)CCCCN. The molecule has 396 valence electrons. The molecule has 1 saturated heterocycles. The second-order valence-corrected chi connectivity index (χ2v) is 20.3. The number of pyridine rings is 1. The van der Waals surface area contributed by atoms with E-state index in [1.165, 1.54) is 25.7 Å². The molecule has 1 aromatic heterocycles. The molecule has 1 aliphatic heterocycles. The van der Waals surface area contributed by atoms with Gasteiger partial charge in [-0.1, -0.05) is 38.5 Å². The minimum atomic E-state index is -1.52. The summed E-state index contributed by atoms with van der Waals surface area (Å²) in [5.41, 5.74) is 21.4. The number of unbranched alkanes of at least 4 members (excludes halogenated alkanes) is 1. The number of carbonyl (C=O) groups is 9. The lowest BCUT2D eigenvalue weighted by Gasteiger charge is -2.32. The van der Waals surface area contributed by atoms with Crippen molar-refractivity contribution in [2.75, 3.05) is 26.2 Å². The van der Waals surface area contributed by atoms with Crippen molar-refractivity contribution in [3.8, 4) is 0 Å². The Hall–Kier alpha value is -5.63. The van der Waals surface area contributed by atoms with Gasteiger partial charge >= 0.3 is 0 Å². The number of rotatable bonds is 33. The van der Waals surface area contributed by atoms with Crippen molar-refractivity contribution < 1.29 is 48.3 Å². The zero-order chi connectivity index (χ0) is 52.7. The van der Waals surface area contributed by atoms with Crippen LogP contribution in [0.25, 0.3) is 0 Å². The maximum Gasteiger partial charge on any atom is 0.229 e. The number of aromatic nitrogens is 1. The lowest BCUT2D eigenvalue weighted by molar-refractivity contribution is -0.144. The molecule has 5 amide bonds. The molecule has 0 aromatic carbocycles. The highest BCUT2D eigenvalue weighted by atomic mass is 16.3. The second-order valence-electron chi connectivity index (χ2n) is 20.3. The van der Waals surface area contributed by atoms with Gasteiger partial charge in [-0.05, 0) is 109 Å². The fourth-order valence-corrected chi connectivity index (χ4v) is 9.70. The van der Waals surface area contributed by atoms with Crippen molar-refractivity contribution >= 4 is 58.6 Å². The van der Waals surface area contributed by atoms with Crippen LogP contribution in [0.1, 0.15) is 149 Å².